The van der Waals surface area contributed by atoms with E-state index in [0.29, 0.717) is 37.5 Å². The number of rotatable bonds is 14. The Morgan fingerprint density at radius 1 is 1.11 bits per heavy atom. The predicted molar refractivity (Wildman–Crippen MR) is 136 cm³/mol. The topological polar surface area (TPSA) is 117 Å². The van der Waals surface area contributed by atoms with Gasteiger partial charge in [-0.25, -0.2) is 9.78 Å². The molecule has 1 aromatic carbocycles. The minimum Gasteiger partial charge on any atom is -0.465 e. The van der Waals surface area contributed by atoms with Crippen molar-refractivity contribution in [1.82, 2.24) is 10.3 Å². The molecule has 1 atom stereocenters. The minimum atomic E-state index is -0.983. The third-order valence-corrected chi connectivity index (χ3v) is 6.42. The summed E-state index contributed by atoms with van der Waals surface area (Å²) >= 11 is 0. The van der Waals surface area contributed by atoms with Crippen LogP contribution in [0.3, 0.4) is 0 Å². The first kappa shape index (κ1) is 28.4. The average molecular weight is 515 g/mol. The summed E-state index contributed by atoms with van der Waals surface area (Å²) in [6.07, 6.45) is 5.27. The number of nitrogens with one attached hydrogen (secondary N) is 1. The lowest BCUT2D eigenvalue weighted by molar-refractivity contribution is -0.154. The van der Waals surface area contributed by atoms with Crippen molar-refractivity contribution in [2.45, 2.75) is 64.8 Å². The fraction of sp³-hybridized carbons (Fsp3) is 0.571. The first-order valence-electron chi connectivity index (χ1n) is 13.0. The van der Waals surface area contributed by atoms with Crippen LogP contribution in [-0.4, -0.2) is 55.8 Å². The summed E-state index contributed by atoms with van der Waals surface area (Å²) in [5.41, 5.74) is -0.0133. The highest BCUT2D eigenvalue weighted by Crippen LogP contribution is 2.39. The lowest BCUT2D eigenvalue weighted by Gasteiger charge is -2.29. The predicted octanol–water partition coefficient (Wildman–Crippen LogP) is 4.10. The summed E-state index contributed by atoms with van der Waals surface area (Å²) in [5.74, 6) is -0.204. The van der Waals surface area contributed by atoms with E-state index in [4.69, 9.17) is 18.6 Å². The van der Waals surface area contributed by atoms with E-state index in [2.05, 4.69) is 10.3 Å². The van der Waals surface area contributed by atoms with E-state index in [1.54, 1.807) is 13.3 Å². The van der Waals surface area contributed by atoms with E-state index in [0.717, 1.165) is 18.4 Å². The highest BCUT2D eigenvalue weighted by molar-refractivity contribution is 5.88. The lowest BCUT2D eigenvalue weighted by atomic mass is 9.85. The summed E-state index contributed by atoms with van der Waals surface area (Å²) in [6, 6.07) is 8.53. The van der Waals surface area contributed by atoms with Gasteiger partial charge in [-0.15, -0.1) is 0 Å². The Kier molecular flexibility index (Phi) is 10.7. The van der Waals surface area contributed by atoms with Crippen molar-refractivity contribution in [2.75, 3.05) is 26.9 Å². The second kappa shape index (κ2) is 13.9. The third kappa shape index (κ3) is 8.42. The van der Waals surface area contributed by atoms with Crippen LogP contribution in [0.15, 0.2) is 40.9 Å². The van der Waals surface area contributed by atoms with Gasteiger partial charge < -0.3 is 23.9 Å². The Morgan fingerprint density at radius 3 is 2.51 bits per heavy atom. The first-order valence-corrected chi connectivity index (χ1v) is 13.0. The standard InChI is InChI=1S/C28H38N2O7/c1-20(2)18-35-26(32)22(16-24-29-17-23(37-24)21-10-5-4-6-11-21)30-27(33)28(13-7-8-14-28)19-36-25(31)12-9-15-34-3/h4-6,10-11,17,20,22H,7-9,12-16,18-19H2,1-3H3,(H,30,33)/t22-/m0/s1. The number of ether oxygens (including phenoxy) is 3. The zero-order valence-electron chi connectivity index (χ0n) is 22.0. The second-order valence-electron chi connectivity index (χ2n) is 9.98. The van der Waals surface area contributed by atoms with E-state index in [1.807, 2.05) is 44.2 Å². The molecule has 1 aliphatic carbocycles. The fourth-order valence-corrected chi connectivity index (χ4v) is 4.31. The lowest BCUT2D eigenvalue weighted by Crippen LogP contribution is -2.51. The van der Waals surface area contributed by atoms with Crippen molar-refractivity contribution >= 4 is 17.8 Å². The van der Waals surface area contributed by atoms with E-state index >= 15 is 0 Å². The van der Waals surface area contributed by atoms with Crippen molar-refractivity contribution in [3.05, 3.63) is 42.4 Å². The van der Waals surface area contributed by atoms with Crippen LogP contribution in [-0.2, 0) is 35.0 Å². The number of esters is 2. The zero-order valence-corrected chi connectivity index (χ0v) is 22.0. The minimum absolute atomic E-state index is 0.0183. The Morgan fingerprint density at radius 2 is 1.84 bits per heavy atom. The maximum absolute atomic E-state index is 13.5. The van der Waals surface area contributed by atoms with Gasteiger partial charge in [0.15, 0.2) is 11.7 Å². The van der Waals surface area contributed by atoms with Crippen LogP contribution < -0.4 is 5.32 Å². The molecule has 3 rings (SSSR count). The van der Waals surface area contributed by atoms with Gasteiger partial charge in [-0.2, -0.15) is 0 Å². The van der Waals surface area contributed by atoms with Crippen molar-refractivity contribution in [1.29, 1.82) is 0 Å². The first-order chi connectivity index (χ1) is 17.8. The summed E-state index contributed by atoms with van der Waals surface area (Å²) in [4.78, 5) is 43.0. The zero-order chi connectivity index (χ0) is 26.7. The van der Waals surface area contributed by atoms with Gasteiger partial charge in [0.25, 0.3) is 0 Å². The maximum Gasteiger partial charge on any atom is 0.329 e. The molecule has 202 valence electrons. The average Bonchev–Trinajstić information content (AvgIpc) is 3.57. The highest BCUT2D eigenvalue weighted by Gasteiger charge is 2.44. The summed E-state index contributed by atoms with van der Waals surface area (Å²) in [6.45, 7) is 4.56. The molecule has 0 unspecified atom stereocenters. The van der Waals surface area contributed by atoms with Crippen LogP contribution >= 0.6 is 0 Å². The van der Waals surface area contributed by atoms with Crippen LogP contribution in [0.4, 0.5) is 0 Å². The van der Waals surface area contributed by atoms with Crippen LogP contribution in [0.25, 0.3) is 11.3 Å². The van der Waals surface area contributed by atoms with Crippen molar-refractivity contribution in [3.8, 4) is 11.3 Å². The number of carbonyl (C=O) groups excluding carboxylic acids is 3. The number of amides is 1. The molecule has 9 nitrogen and oxygen atoms in total. The number of benzene rings is 1. The Bertz CT molecular complexity index is 1010. The van der Waals surface area contributed by atoms with Crippen LogP contribution in [0.2, 0.25) is 0 Å². The molecule has 37 heavy (non-hydrogen) atoms. The normalized spacial score (nSPS) is 15.4. The molecule has 1 amide bonds. The van der Waals surface area contributed by atoms with Crippen LogP contribution in [0, 0.1) is 11.3 Å². The third-order valence-electron chi connectivity index (χ3n) is 6.42. The largest absolute Gasteiger partial charge is 0.465 e. The van der Waals surface area contributed by atoms with Gasteiger partial charge in [-0.3, -0.25) is 9.59 Å². The Balaban J connectivity index is 1.71. The number of methoxy groups -OCH3 is 1. The summed E-state index contributed by atoms with van der Waals surface area (Å²) in [7, 11) is 1.58. The fourth-order valence-electron chi connectivity index (χ4n) is 4.31. The van der Waals surface area contributed by atoms with Gasteiger partial charge in [0.1, 0.15) is 12.6 Å². The van der Waals surface area contributed by atoms with Crippen molar-refractivity contribution in [2.24, 2.45) is 11.3 Å². The SMILES string of the molecule is COCCCC(=O)OCC1(C(=O)N[C@@H](Cc2ncc(-c3ccccc3)o2)C(=O)OCC(C)C)CCCC1. The molecular weight excluding hydrogens is 476 g/mol. The maximum atomic E-state index is 13.5. The second-order valence-corrected chi connectivity index (χ2v) is 9.98. The molecule has 0 bridgehead atoms. The van der Waals surface area contributed by atoms with Crippen LogP contribution in [0.1, 0.15) is 58.3 Å². The number of nitrogens with zero attached hydrogens (tertiary/aromatic N) is 1. The highest BCUT2D eigenvalue weighted by atomic mass is 16.5. The van der Waals surface area contributed by atoms with Gasteiger partial charge in [-0.05, 0) is 25.2 Å². The number of oxazole rings is 1. The molecule has 9 heteroatoms. The molecule has 0 radical (unpaired) electrons. The molecule has 1 N–H and O–H groups in total. The molecule has 1 heterocycles. The number of carbonyl (C=O) groups is 3. The number of hydrogen-bond donors (Lipinski definition) is 1. The molecule has 1 fully saturated rings. The van der Waals surface area contributed by atoms with E-state index < -0.39 is 17.4 Å². The van der Waals surface area contributed by atoms with Crippen molar-refractivity contribution in [3.63, 3.8) is 0 Å². The van der Waals surface area contributed by atoms with Gasteiger partial charge in [-0.1, -0.05) is 57.0 Å². The Labute approximate surface area is 218 Å². The van der Waals surface area contributed by atoms with E-state index in [1.165, 1.54) is 0 Å². The monoisotopic (exact) mass is 514 g/mol. The molecule has 0 saturated heterocycles. The molecular formula is C28H38N2O7. The van der Waals surface area contributed by atoms with E-state index in [-0.39, 0.29) is 43.8 Å². The molecule has 1 aliphatic rings. The van der Waals surface area contributed by atoms with Gasteiger partial charge >= 0.3 is 11.9 Å². The van der Waals surface area contributed by atoms with Gasteiger partial charge in [0.05, 0.1) is 24.6 Å². The number of hydrogen-bond acceptors (Lipinski definition) is 8. The molecule has 0 spiro atoms. The quantitative estimate of drug-likeness (QED) is 0.296. The molecule has 2 aromatic rings. The van der Waals surface area contributed by atoms with Gasteiger partial charge in [0, 0.05) is 25.7 Å². The summed E-state index contributed by atoms with van der Waals surface area (Å²) in [5, 5.41) is 2.87. The number of aromatic nitrogens is 1. The molecule has 0 aliphatic heterocycles. The molecule has 1 aromatic heterocycles. The van der Waals surface area contributed by atoms with Crippen molar-refractivity contribution < 1.29 is 33.0 Å². The summed E-state index contributed by atoms with van der Waals surface area (Å²) < 4.78 is 21.8. The van der Waals surface area contributed by atoms with Crippen LogP contribution in [0.5, 0.6) is 0 Å². The van der Waals surface area contributed by atoms with Gasteiger partial charge in [0.2, 0.25) is 5.91 Å². The Hall–Kier alpha value is -3.20. The molecule has 1 saturated carbocycles. The van der Waals surface area contributed by atoms with E-state index in [9.17, 15) is 14.4 Å². The smallest absolute Gasteiger partial charge is 0.329 e.